The number of nitrogens with zero attached hydrogens (tertiary/aromatic N) is 6. The normalized spacial score (nSPS) is 13.2. The minimum Gasteiger partial charge on any atom is -0.497 e. The van der Waals surface area contributed by atoms with Crippen LogP contribution in [0.2, 0.25) is 0 Å². The summed E-state index contributed by atoms with van der Waals surface area (Å²) in [7, 11) is 3.28. The van der Waals surface area contributed by atoms with Gasteiger partial charge in [0.25, 0.3) is 5.89 Å². The summed E-state index contributed by atoms with van der Waals surface area (Å²) < 4.78 is 26.5. The molecule has 0 fully saturated rings. The van der Waals surface area contributed by atoms with Gasteiger partial charge in [-0.05, 0) is 52.8 Å². The minimum atomic E-state index is -0.700. The number of methoxy groups -OCH3 is 2. The van der Waals surface area contributed by atoms with Crippen LogP contribution in [-0.2, 0) is 28.0 Å². The molecule has 1 aliphatic rings. The highest BCUT2D eigenvalue weighted by atomic mass is 16.5. The Morgan fingerprint density at radius 2 is 1.89 bits per heavy atom. The van der Waals surface area contributed by atoms with Crippen molar-refractivity contribution in [3.05, 3.63) is 47.9 Å². The molecule has 0 radical (unpaired) electrons. The van der Waals surface area contributed by atoms with Crippen LogP contribution in [0.4, 0.5) is 0 Å². The van der Waals surface area contributed by atoms with E-state index in [0.29, 0.717) is 37.0 Å². The first-order chi connectivity index (χ1) is 17.1. The van der Waals surface area contributed by atoms with E-state index in [9.17, 15) is 0 Å². The third kappa shape index (κ3) is 4.42. The van der Waals surface area contributed by atoms with E-state index in [-0.39, 0.29) is 5.60 Å². The molecule has 0 aliphatic carbocycles. The molecule has 10 nitrogen and oxygen atoms in total. The van der Waals surface area contributed by atoms with Crippen molar-refractivity contribution < 1.29 is 18.7 Å². The number of aromatic nitrogens is 6. The van der Waals surface area contributed by atoms with Gasteiger partial charge < -0.3 is 23.3 Å². The van der Waals surface area contributed by atoms with E-state index in [4.69, 9.17) is 23.8 Å². The van der Waals surface area contributed by atoms with Crippen LogP contribution in [-0.4, -0.2) is 55.9 Å². The van der Waals surface area contributed by atoms with Crippen molar-refractivity contribution in [1.82, 2.24) is 29.5 Å². The Kier molecular flexibility index (Phi) is 5.96. The first-order valence-corrected chi connectivity index (χ1v) is 11.9. The highest BCUT2D eigenvalue weighted by Gasteiger charge is 2.31. The zero-order chi connectivity index (χ0) is 25.7. The van der Waals surface area contributed by atoms with Crippen molar-refractivity contribution in [3.8, 4) is 34.2 Å². The number of benzene rings is 1. The fourth-order valence-electron chi connectivity index (χ4n) is 4.19. The third-order valence-corrected chi connectivity index (χ3v) is 6.30. The molecule has 0 bridgehead atoms. The monoisotopic (exact) mass is 492 g/mol. The van der Waals surface area contributed by atoms with Gasteiger partial charge in [0.15, 0.2) is 0 Å². The molecule has 4 heterocycles. The van der Waals surface area contributed by atoms with E-state index in [1.807, 2.05) is 57.5 Å². The summed E-state index contributed by atoms with van der Waals surface area (Å²) in [6, 6.07) is 5.98. The summed E-state index contributed by atoms with van der Waals surface area (Å²) in [6.45, 7) is 11.1. The number of hydrogen-bond acceptors (Lipinski definition) is 8. The summed E-state index contributed by atoms with van der Waals surface area (Å²) in [5, 5.41) is 9.16. The van der Waals surface area contributed by atoms with Crippen molar-refractivity contribution in [2.45, 2.75) is 58.8 Å². The van der Waals surface area contributed by atoms with Crippen molar-refractivity contribution in [3.63, 3.8) is 0 Å². The highest BCUT2D eigenvalue weighted by molar-refractivity contribution is 5.77. The van der Waals surface area contributed by atoms with E-state index in [0.717, 1.165) is 34.0 Å². The van der Waals surface area contributed by atoms with Crippen LogP contribution in [0.1, 0.15) is 51.8 Å². The zero-order valence-electron chi connectivity index (χ0n) is 21.8. The number of imidazole rings is 1. The maximum Gasteiger partial charge on any atom is 0.258 e. The molecule has 0 saturated carbocycles. The number of rotatable bonds is 7. The molecule has 0 saturated heterocycles. The molecule has 3 aromatic heterocycles. The molecular weight excluding hydrogens is 460 g/mol. The molecule has 0 spiro atoms. The molecule has 1 aliphatic heterocycles. The average molecular weight is 493 g/mol. The van der Waals surface area contributed by atoms with Crippen LogP contribution in [0.5, 0.6) is 5.75 Å². The second-order valence-corrected chi connectivity index (χ2v) is 10.3. The van der Waals surface area contributed by atoms with E-state index in [1.165, 1.54) is 0 Å². The lowest BCUT2D eigenvalue weighted by Crippen LogP contribution is -2.22. The maximum absolute atomic E-state index is 5.92. The van der Waals surface area contributed by atoms with Crippen molar-refractivity contribution in [1.29, 1.82) is 0 Å². The van der Waals surface area contributed by atoms with Crippen LogP contribution in [0.3, 0.4) is 0 Å². The van der Waals surface area contributed by atoms with Gasteiger partial charge in [0, 0.05) is 30.9 Å². The van der Waals surface area contributed by atoms with Gasteiger partial charge in [-0.3, -0.25) is 4.68 Å². The van der Waals surface area contributed by atoms with Crippen LogP contribution >= 0.6 is 0 Å². The van der Waals surface area contributed by atoms with Gasteiger partial charge in [0.1, 0.15) is 23.4 Å². The van der Waals surface area contributed by atoms with E-state index in [1.54, 1.807) is 20.5 Å². The van der Waals surface area contributed by atoms with Gasteiger partial charge in [0.05, 0.1) is 42.9 Å². The van der Waals surface area contributed by atoms with E-state index in [2.05, 4.69) is 25.9 Å². The number of ether oxygens (including phenoxy) is 3. The molecule has 10 heteroatoms. The smallest absolute Gasteiger partial charge is 0.258 e. The van der Waals surface area contributed by atoms with Crippen molar-refractivity contribution in [2.75, 3.05) is 20.8 Å². The van der Waals surface area contributed by atoms with Gasteiger partial charge in [0.2, 0.25) is 5.82 Å². The highest BCUT2D eigenvalue weighted by Crippen LogP contribution is 2.39. The lowest BCUT2D eigenvalue weighted by molar-refractivity contribution is -0.00808. The van der Waals surface area contributed by atoms with Crippen LogP contribution in [0.15, 0.2) is 35.2 Å². The minimum absolute atomic E-state index is 0.202. The molecular formula is C26H32N6O4. The Labute approximate surface area is 210 Å². The fraction of sp³-hybridized carbons (Fsp3) is 0.462. The molecule has 0 amide bonds. The molecule has 5 rings (SSSR count). The molecule has 0 N–H and O–H groups in total. The zero-order valence-corrected chi connectivity index (χ0v) is 21.8. The standard InChI is InChI=1S/C26H32N6O4/c1-25(2,3)35-11-10-31-14-16-12-20-22(23-28-24(36-30-23)26(4,5)34-7)27-15-32(20)19-9-8-17(33-6)13-18(19)21(16)29-31/h8-9,13-15H,10-12H2,1-7H3. The van der Waals surface area contributed by atoms with Gasteiger partial charge in [-0.2, -0.15) is 10.1 Å². The molecule has 0 atom stereocenters. The summed E-state index contributed by atoms with van der Waals surface area (Å²) in [5.41, 5.74) is 4.62. The topological polar surface area (TPSA) is 102 Å². The largest absolute Gasteiger partial charge is 0.497 e. The number of fused-ring (bicyclic) bond motifs is 5. The summed E-state index contributed by atoms with van der Waals surface area (Å²) >= 11 is 0. The Morgan fingerprint density at radius 1 is 1.08 bits per heavy atom. The second-order valence-electron chi connectivity index (χ2n) is 10.3. The van der Waals surface area contributed by atoms with Gasteiger partial charge >= 0.3 is 0 Å². The fourth-order valence-corrected chi connectivity index (χ4v) is 4.19. The average Bonchev–Trinajstić information content (AvgIpc) is 3.56. The lowest BCUT2D eigenvalue weighted by Gasteiger charge is -2.19. The Bertz CT molecular complexity index is 1390. The van der Waals surface area contributed by atoms with Crippen molar-refractivity contribution >= 4 is 0 Å². The van der Waals surface area contributed by atoms with E-state index < -0.39 is 5.60 Å². The van der Waals surface area contributed by atoms with E-state index >= 15 is 0 Å². The van der Waals surface area contributed by atoms with Crippen molar-refractivity contribution in [2.24, 2.45) is 0 Å². The Morgan fingerprint density at radius 3 is 2.61 bits per heavy atom. The molecule has 36 heavy (non-hydrogen) atoms. The Balaban J connectivity index is 1.58. The van der Waals surface area contributed by atoms with Crippen LogP contribution in [0, 0.1) is 0 Å². The third-order valence-electron chi connectivity index (χ3n) is 6.30. The summed E-state index contributed by atoms with van der Waals surface area (Å²) in [4.78, 5) is 9.29. The van der Waals surface area contributed by atoms with Gasteiger partial charge in [-0.15, -0.1) is 0 Å². The van der Waals surface area contributed by atoms with Crippen LogP contribution in [0.25, 0.3) is 28.5 Å². The van der Waals surface area contributed by atoms with Gasteiger partial charge in [-0.1, -0.05) is 5.16 Å². The first kappa shape index (κ1) is 24.2. The first-order valence-electron chi connectivity index (χ1n) is 11.9. The summed E-state index contributed by atoms with van der Waals surface area (Å²) in [6.07, 6.45) is 4.47. The summed E-state index contributed by atoms with van der Waals surface area (Å²) in [5.74, 6) is 1.58. The molecule has 0 unspecified atom stereocenters. The van der Waals surface area contributed by atoms with Gasteiger partial charge in [-0.25, -0.2) is 4.98 Å². The number of hydrogen-bond donors (Lipinski definition) is 0. The predicted molar refractivity (Wildman–Crippen MR) is 133 cm³/mol. The second kappa shape index (κ2) is 8.86. The molecule has 1 aromatic carbocycles. The predicted octanol–water partition coefficient (Wildman–Crippen LogP) is 4.40. The molecule has 4 aromatic rings. The lowest BCUT2D eigenvalue weighted by atomic mass is 10.0. The molecule has 190 valence electrons. The Hall–Kier alpha value is -3.50. The SMILES string of the molecule is COc1ccc2c(c1)-c1nn(CCOC(C)(C)C)cc1Cc1c(-c3noc(C(C)(C)OC)n3)ncn1-2. The quantitative estimate of drug-likeness (QED) is 0.330. The maximum atomic E-state index is 5.92. The van der Waals surface area contributed by atoms with Crippen LogP contribution < -0.4 is 4.74 Å².